The van der Waals surface area contributed by atoms with Gasteiger partial charge in [-0.15, -0.1) is 0 Å². The molecule has 0 amide bonds. The average molecular weight is 204 g/mol. The smallest absolute Gasteiger partial charge is 0.176 e. The molecule has 1 aliphatic heterocycles. The third-order valence-electron chi connectivity index (χ3n) is 1.69. The highest BCUT2D eigenvalue weighted by Gasteiger charge is 2.17. The fourth-order valence-corrected chi connectivity index (χ4v) is 1.76. The van der Waals surface area contributed by atoms with Crippen LogP contribution in [0.1, 0.15) is 12.8 Å². The number of hydrogen-bond donors (Lipinski definition) is 0. The third kappa shape index (κ3) is 3.59. The molecule has 0 aromatic heterocycles. The monoisotopic (exact) mass is 204 g/mol. The molecule has 0 bridgehead atoms. The minimum Gasteiger partial charge on any atom is -0.501 e. The van der Waals surface area contributed by atoms with Crippen molar-refractivity contribution < 1.29 is 17.9 Å². The first kappa shape index (κ1) is 10.2. The maximum atomic E-state index is 11.3. The summed E-state index contributed by atoms with van der Waals surface area (Å²) in [6.07, 6.45) is 3.82. The van der Waals surface area contributed by atoms with Crippen molar-refractivity contribution in [2.75, 3.05) is 18.6 Å². The van der Waals surface area contributed by atoms with Crippen LogP contribution in [0.2, 0.25) is 0 Å². The molecule has 0 spiro atoms. The second-order valence-corrected chi connectivity index (χ2v) is 5.25. The van der Waals surface area contributed by atoms with E-state index in [1.54, 1.807) is 0 Å². The summed E-state index contributed by atoms with van der Waals surface area (Å²) in [6, 6.07) is 0. The first-order valence-electron chi connectivity index (χ1n) is 4.00. The van der Waals surface area contributed by atoms with E-state index in [-0.39, 0.29) is 5.78 Å². The van der Waals surface area contributed by atoms with Crippen LogP contribution in [-0.4, -0.2) is 32.8 Å². The fourth-order valence-electron chi connectivity index (χ4n) is 1.10. The average Bonchev–Trinajstić information content (AvgIpc) is 2.03. The predicted molar refractivity (Wildman–Crippen MR) is 48.0 cm³/mol. The summed E-state index contributed by atoms with van der Waals surface area (Å²) in [7, 11) is -3.22. The molecule has 0 saturated carbocycles. The van der Waals surface area contributed by atoms with Gasteiger partial charge in [0.15, 0.2) is 15.6 Å². The van der Waals surface area contributed by atoms with E-state index in [1.165, 1.54) is 6.26 Å². The van der Waals surface area contributed by atoms with Crippen molar-refractivity contribution >= 4 is 15.6 Å². The van der Waals surface area contributed by atoms with Gasteiger partial charge in [-0.3, -0.25) is 4.79 Å². The van der Waals surface area contributed by atoms with Crippen molar-refractivity contribution in [1.29, 1.82) is 0 Å². The van der Waals surface area contributed by atoms with E-state index in [0.717, 1.165) is 12.7 Å². The second-order valence-electron chi connectivity index (χ2n) is 3.11. The van der Waals surface area contributed by atoms with Gasteiger partial charge < -0.3 is 4.74 Å². The van der Waals surface area contributed by atoms with Gasteiger partial charge in [0.1, 0.15) is 5.75 Å². The highest BCUT2D eigenvalue weighted by Crippen LogP contribution is 2.13. The van der Waals surface area contributed by atoms with Crippen LogP contribution in [0.25, 0.3) is 0 Å². The molecule has 4 nitrogen and oxygen atoms in total. The summed E-state index contributed by atoms with van der Waals surface area (Å²) < 4.78 is 26.5. The van der Waals surface area contributed by atoms with E-state index in [2.05, 4.69) is 0 Å². The van der Waals surface area contributed by atoms with E-state index in [1.807, 2.05) is 0 Å². The van der Waals surface area contributed by atoms with Crippen molar-refractivity contribution in [1.82, 2.24) is 0 Å². The Hall–Kier alpha value is -0.840. The quantitative estimate of drug-likeness (QED) is 0.663. The van der Waals surface area contributed by atoms with Crippen LogP contribution in [0.4, 0.5) is 0 Å². The standard InChI is InChI=1S/C8H12O4S/c1-13(10,11)6-8(9)7-3-2-4-12-5-7/h5H,2-4,6H2,1H3. The highest BCUT2D eigenvalue weighted by atomic mass is 32.2. The van der Waals surface area contributed by atoms with E-state index in [4.69, 9.17) is 4.74 Å². The molecule has 74 valence electrons. The Labute approximate surface area is 77.5 Å². The van der Waals surface area contributed by atoms with Crippen molar-refractivity contribution in [2.24, 2.45) is 0 Å². The lowest BCUT2D eigenvalue weighted by Crippen LogP contribution is -2.18. The normalized spacial score (nSPS) is 17.5. The van der Waals surface area contributed by atoms with Crippen molar-refractivity contribution in [3.8, 4) is 0 Å². The number of carbonyl (C=O) groups is 1. The fraction of sp³-hybridized carbons (Fsp3) is 0.625. The molecule has 0 radical (unpaired) electrons. The van der Waals surface area contributed by atoms with Crippen LogP contribution in [0.5, 0.6) is 0 Å². The summed E-state index contributed by atoms with van der Waals surface area (Å²) in [5, 5.41) is 0. The van der Waals surface area contributed by atoms with E-state index < -0.39 is 15.6 Å². The Balaban J connectivity index is 2.62. The van der Waals surface area contributed by atoms with Crippen LogP contribution in [0, 0.1) is 0 Å². The number of ether oxygens (including phenoxy) is 1. The number of ketones is 1. The van der Waals surface area contributed by atoms with Crippen LogP contribution in [0.3, 0.4) is 0 Å². The second kappa shape index (κ2) is 3.91. The zero-order chi connectivity index (χ0) is 9.90. The molecule has 0 saturated heterocycles. The minimum atomic E-state index is -3.22. The van der Waals surface area contributed by atoms with Crippen molar-refractivity contribution in [3.63, 3.8) is 0 Å². The Morgan fingerprint density at radius 3 is 2.77 bits per heavy atom. The number of carbonyl (C=O) groups excluding carboxylic acids is 1. The predicted octanol–water partition coefficient (Wildman–Crippen LogP) is 0.294. The van der Waals surface area contributed by atoms with Crippen LogP contribution in [0.15, 0.2) is 11.8 Å². The van der Waals surface area contributed by atoms with Gasteiger partial charge in [0.05, 0.1) is 12.9 Å². The molecule has 0 fully saturated rings. The maximum absolute atomic E-state index is 11.3. The molecule has 1 aliphatic rings. The highest BCUT2D eigenvalue weighted by molar-refractivity contribution is 7.91. The third-order valence-corrected chi connectivity index (χ3v) is 2.47. The maximum Gasteiger partial charge on any atom is 0.176 e. The van der Waals surface area contributed by atoms with Gasteiger partial charge >= 0.3 is 0 Å². The zero-order valence-electron chi connectivity index (χ0n) is 7.45. The van der Waals surface area contributed by atoms with Gasteiger partial charge in [-0.05, 0) is 12.8 Å². The lowest BCUT2D eigenvalue weighted by Gasteiger charge is -2.11. The summed E-state index contributed by atoms with van der Waals surface area (Å²) in [4.78, 5) is 11.3. The summed E-state index contributed by atoms with van der Waals surface area (Å²) in [6.45, 7) is 0.607. The van der Waals surface area contributed by atoms with Gasteiger partial charge in [0.25, 0.3) is 0 Å². The minimum absolute atomic E-state index is 0.345. The number of rotatable bonds is 3. The molecule has 1 heterocycles. The number of Topliss-reactive ketones (excluding diaryl/α,β-unsaturated/α-hetero) is 1. The molecular weight excluding hydrogens is 192 g/mol. The first-order valence-corrected chi connectivity index (χ1v) is 6.07. The topological polar surface area (TPSA) is 60.4 Å². The van der Waals surface area contributed by atoms with Gasteiger partial charge in [-0.25, -0.2) is 8.42 Å². The van der Waals surface area contributed by atoms with Crippen molar-refractivity contribution in [3.05, 3.63) is 11.8 Å². The number of sulfone groups is 1. The lowest BCUT2D eigenvalue weighted by atomic mass is 10.1. The molecule has 0 aromatic rings. The molecule has 13 heavy (non-hydrogen) atoms. The van der Waals surface area contributed by atoms with Gasteiger partial charge in [0, 0.05) is 11.8 Å². The van der Waals surface area contributed by atoms with Crippen molar-refractivity contribution in [2.45, 2.75) is 12.8 Å². The van der Waals surface area contributed by atoms with E-state index >= 15 is 0 Å². The molecule has 5 heteroatoms. The molecule has 0 aliphatic carbocycles. The molecule has 0 atom stereocenters. The van der Waals surface area contributed by atoms with Crippen LogP contribution < -0.4 is 0 Å². The van der Waals surface area contributed by atoms with Crippen LogP contribution in [-0.2, 0) is 19.4 Å². The molecule has 1 rings (SSSR count). The molecular formula is C8H12O4S. The Kier molecular flexibility index (Phi) is 3.08. The van der Waals surface area contributed by atoms with E-state index in [9.17, 15) is 13.2 Å². The van der Waals surface area contributed by atoms with E-state index in [0.29, 0.717) is 18.6 Å². The van der Waals surface area contributed by atoms with Crippen LogP contribution >= 0.6 is 0 Å². The van der Waals surface area contributed by atoms with Gasteiger partial charge in [-0.2, -0.15) is 0 Å². The van der Waals surface area contributed by atoms with Gasteiger partial charge in [-0.1, -0.05) is 0 Å². The Bertz CT molecular complexity index is 326. The van der Waals surface area contributed by atoms with Gasteiger partial charge in [0.2, 0.25) is 0 Å². The number of allylic oxidation sites excluding steroid dienone is 1. The zero-order valence-corrected chi connectivity index (χ0v) is 8.26. The first-order chi connectivity index (χ1) is 5.99. The molecule has 0 N–H and O–H groups in total. The number of hydrogen-bond acceptors (Lipinski definition) is 4. The lowest BCUT2D eigenvalue weighted by molar-refractivity contribution is -0.113. The SMILES string of the molecule is CS(=O)(=O)CC(=O)C1=COCCC1. The summed E-state index contributed by atoms with van der Waals surface area (Å²) in [5.74, 6) is -0.760. The Morgan fingerprint density at radius 1 is 1.62 bits per heavy atom. The summed E-state index contributed by atoms with van der Waals surface area (Å²) >= 11 is 0. The summed E-state index contributed by atoms with van der Waals surface area (Å²) in [5.41, 5.74) is 0.483. The molecule has 0 aromatic carbocycles. The molecule has 0 unspecified atom stereocenters. The largest absolute Gasteiger partial charge is 0.501 e. The Morgan fingerprint density at radius 2 is 2.31 bits per heavy atom.